The van der Waals surface area contributed by atoms with Gasteiger partial charge in [0.05, 0.1) is 7.11 Å². The second kappa shape index (κ2) is 7.71. The van der Waals surface area contributed by atoms with E-state index < -0.39 is 0 Å². The van der Waals surface area contributed by atoms with Crippen LogP contribution in [0.15, 0.2) is 54.6 Å². The molecule has 0 aromatic heterocycles. The second-order valence-corrected chi connectivity index (χ2v) is 5.09. The van der Waals surface area contributed by atoms with Crippen molar-refractivity contribution in [2.75, 3.05) is 13.7 Å². The number of nitrogens with two attached hydrogens (primary N) is 1. The van der Waals surface area contributed by atoms with E-state index in [1.807, 2.05) is 12.1 Å². The monoisotopic (exact) mass is 269 g/mol. The third-order valence-corrected chi connectivity index (χ3v) is 3.71. The van der Waals surface area contributed by atoms with Gasteiger partial charge in [-0.15, -0.1) is 0 Å². The van der Waals surface area contributed by atoms with Crippen LogP contribution >= 0.6 is 0 Å². The van der Waals surface area contributed by atoms with Crippen LogP contribution in [0.5, 0.6) is 5.75 Å². The normalized spacial score (nSPS) is 12.1. The number of ether oxygens (including phenoxy) is 1. The summed E-state index contributed by atoms with van der Waals surface area (Å²) in [7, 11) is 1.70. The maximum absolute atomic E-state index is 5.93. The summed E-state index contributed by atoms with van der Waals surface area (Å²) in [6.07, 6.45) is 3.38. The van der Waals surface area contributed by atoms with Gasteiger partial charge in [-0.2, -0.15) is 0 Å². The summed E-state index contributed by atoms with van der Waals surface area (Å²) in [5.41, 5.74) is 8.61. The summed E-state index contributed by atoms with van der Waals surface area (Å²) < 4.78 is 5.28. The molecule has 0 spiro atoms. The first-order valence-corrected chi connectivity index (χ1v) is 7.21. The lowest BCUT2D eigenvalue weighted by molar-refractivity contribution is 0.413. The smallest absolute Gasteiger partial charge is 0.119 e. The average molecular weight is 269 g/mol. The van der Waals surface area contributed by atoms with E-state index in [-0.39, 0.29) is 0 Å². The van der Waals surface area contributed by atoms with Crippen molar-refractivity contribution in [1.29, 1.82) is 0 Å². The minimum atomic E-state index is 0.411. The molecule has 1 unspecified atom stereocenters. The Labute approximate surface area is 121 Å². The van der Waals surface area contributed by atoms with Gasteiger partial charge in [0.15, 0.2) is 0 Å². The molecule has 20 heavy (non-hydrogen) atoms. The first-order chi connectivity index (χ1) is 9.83. The van der Waals surface area contributed by atoms with Gasteiger partial charge in [-0.25, -0.2) is 0 Å². The molecular formula is C18H23NO. The number of hydrogen-bond donors (Lipinski definition) is 1. The SMILES string of the molecule is COc1cccc(C(CN)CCCc2ccccc2)c1. The minimum Gasteiger partial charge on any atom is -0.497 e. The number of aryl methyl sites for hydroxylation is 1. The lowest BCUT2D eigenvalue weighted by Crippen LogP contribution is -2.13. The minimum absolute atomic E-state index is 0.411. The number of methoxy groups -OCH3 is 1. The molecule has 1 atom stereocenters. The van der Waals surface area contributed by atoms with Crippen molar-refractivity contribution >= 4 is 0 Å². The summed E-state index contributed by atoms with van der Waals surface area (Å²) in [6.45, 7) is 0.682. The van der Waals surface area contributed by atoms with Crippen LogP contribution in [0, 0.1) is 0 Å². The molecule has 106 valence electrons. The van der Waals surface area contributed by atoms with Crippen molar-refractivity contribution in [3.05, 3.63) is 65.7 Å². The highest BCUT2D eigenvalue weighted by atomic mass is 16.5. The van der Waals surface area contributed by atoms with Gasteiger partial charge < -0.3 is 10.5 Å². The summed E-state index contributed by atoms with van der Waals surface area (Å²) in [4.78, 5) is 0. The predicted octanol–water partition coefficient (Wildman–Crippen LogP) is 3.76. The quantitative estimate of drug-likeness (QED) is 0.830. The van der Waals surface area contributed by atoms with Crippen LogP contribution < -0.4 is 10.5 Å². The Balaban J connectivity index is 1.91. The fraction of sp³-hybridized carbons (Fsp3) is 0.333. The van der Waals surface area contributed by atoms with Crippen LogP contribution in [-0.4, -0.2) is 13.7 Å². The maximum atomic E-state index is 5.93. The Hall–Kier alpha value is -1.80. The lowest BCUT2D eigenvalue weighted by atomic mass is 9.92. The van der Waals surface area contributed by atoms with Crippen LogP contribution in [0.3, 0.4) is 0 Å². The molecule has 0 radical (unpaired) electrons. The topological polar surface area (TPSA) is 35.2 Å². The van der Waals surface area contributed by atoms with Crippen LogP contribution in [-0.2, 0) is 6.42 Å². The molecule has 2 aromatic rings. The molecule has 0 aliphatic rings. The van der Waals surface area contributed by atoms with E-state index in [2.05, 4.69) is 42.5 Å². The Morgan fingerprint density at radius 2 is 1.85 bits per heavy atom. The summed E-state index contributed by atoms with van der Waals surface area (Å²) in [5, 5.41) is 0. The summed E-state index contributed by atoms with van der Waals surface area (Å²) in [6, 6.07) is 18.9. The lowest BCUT2D eigenvalue weighted by Gasteiger charge is -2.16. The van der Waals surface area contributed by atoms with Crippen LogP contribution in [0.2, 0.25) is 0 Å². The van der Waals surface area contributed by atoms with Gasteiger partial charge in [0, 0.05) is 0 Å². The molecule has 0 aliphatic heterocycles. The van der Waals surface area contributed by atoms with Gasteiger partial charge in [-0.3, -0.25) is 0 Å². The van der Waals surface area contributed by atoms with Crippen LogP contribution in [0.25, 0.3) is 0 Å². The van der Waals surface area contributed by atoms with Gasteiger partial charge in [-0.1, -0.05) is 42.5 Å². The van der Waals surface area contributed by atoms with E-state index in [9.17, 15) is 0 Å². The van der Waals surface area contributed by atoms with E-state index in [4.69, 9.17) is 10.5 Å². The molecule has 2 aromatic carbocycles. The van der Waals surface area contributed by atoms with Crippen molar-refractivity contribution in [1.82, 2.24) is 0 Å². The number of rotatable bonds is 7. The highest BCUT2D eigenvalue weighted by molar-refractivity contribution is 5.31. The van der Waals surface area contributed by atoms with E-state index in [1.54, 1.807) is 7.11 Å². The third-order valence-electron chi connectivity index (χ3n) is 3.71. The van der Waals surface area contributed by atoms with E-state index in [0.717, 1.165) is 25.0 Å². The molecular weight excluding hydrogens is 246 g/mol. The highest BCUT2D eigenvalue weighted by Gasteiger charge is 2.10. The molecule has 0 bridgehead atoms. The number of hydrogen-bond acceptors (Lipinski definition) is 2. The molecule has 2 N–H and O–H groups in total. The van der Waals surface area contributed by atoms with Crippen molar-refractivity contribution in [3.63, 3.8) is 0 Å². The van der Waals surface area contributed by atoms with Gasteiger partial charge in [-0.05, 0) is 55.0 Å². The fourth-order valence-electron chi connectivity index (χ4n) is 2.51. The molecule has 0 heterocycles. The Morgan fingerprint density at radius 1 is 1.05 bits per heavy atom. The van der Waals surface area contributed by atoms with Gasteiger partial charge >= 0.3 is 0 Å². The Kier molecular flexibility index (Phi) is 5.63. The highest BCUT2D eigenvalue weighted by Crippen LogP contribution is 2.24. The molecule has 0 saturated heterocycles. The van der Waals surface area contributed by atoms with Crippen molar-refractivity contribution < 1.29 is 4.74 Å². The molecule has 0 fully saturated rings. The number of benzene rings is 2. The van der Waals surface area contributed by atoms with Crippen molar-refractivity contribution in [2.45, 2.75) is 25.2 Å². The zero-order valence-electron chi connectivity index (χ0n) is 12.1. The van der Waals surface area contributed by atoms with Crippen molar-refractivity contribution in [3.8, 4) is 5.75 Å². The molecule has 2 nitrogen and oxygen atoms in total. The third kappa shape index (κ3) is 4.10. The zero-order chi connectivity index (χ0) is 14.2. The van der Waals surface area contributed by atoms with Crippen molar-refractivity contribution in [2.24, 2.45) is 5.73 Å². The molecule has 0 aliphatic carbocycles. The van der Waals surface area contributed by atoms with Gasteiger partial charge in [0.25, 0.3) is 0 Å². The zero-order valence-corrected chi connectivity index (χ0v) is 12.1. The van der Waals surface area contributed by atoms with E-state index in [1.165, 1.54) is 11.1 Å². The first kappa shape index (κ1) is 14.6. The van der Waals surface area contributed by atoms with Gasteiger partial charge in [0.1, 0.15) is 5.75 Å². The predicted molar refractivity (Wildman–Crippen MR) is 84.2 cm³/mol. The second-order valence-electron chi connectivity index (χ2n) is 5.09. The summed E-state index contributed by atoms with van der Waals surface area (Å²) >= 11 is 0. The van der Waals surface area contributed by atoms with E-state index >= 15 is 0 Å². The fourth-order valence-corrected chi connectivity index (χ4v) is 2.51. The maximum Gasteiger partial charge on any atom is 0.119 e. The Bertz CT molecular complexity index is 510. The molecule has 2 heteroatoms. The molecule has 2 rings (SSSR count). The molecule has 0 amide bonds. The average Bonchev–Trinajstić information content (AvgIpc) is 2.52. The van der Waals surface area contributed by atoms with E-state index in [0.29, 0.717) is 12.5 Å². The Morgan fingerprint density at radius 3 is 2.55 bits per heavy atom. The summed E-state index contributed by atoms with van der Waals surface area (Å²) in [5.74, 6) is 1.32. The standard InChI is InChI=1S/C18H23NO/c1-20-18-12-6-10-16(13-18)17(14-19)11-5-9-15-7-3-2-4-8-15/h2-4,6-8,10,12-13,17H,5,9,11,14,19H2,1H3. The van der Waals surface area contributed by atoms with Crippen LogP contribution in [0.1, 0.15) is 29.9 Å². The van der Waals surface area contributed by atoms with Crippen LogP contribution in [0.4, 0.5) is 0 Å². The van der Waals surface area contributed by atoms with Gasteiger partial charge in [0.2, 0.25) is 0 Å². The molecule has 0 saturated carbocycles. The largest absolute Gasteiger partial charge is 0.497 e. The first-order valence-electron chi connectivity index (χ1n) is 7.21.